The van der Waals surface area contributed by atoms with Gasteiger partial charge in [-0.05, 0) is 19.4 Å². The van der Waals surface area contributed by atoms with E-state index in [2.05, 4.69) is 0 Å². The zero-order valence-corrected chi connectivity index (χ0v) is 9.10. The summed E-state index contributed by atoms with van der Waals surface area (Å²) in [4.78, 5) is 10.2. The lowest BCUT2D eigenvalue weighted by molar-refractivity contribution is -0.146. The molecule has 0 atom stereocenters. The summed E-state index contributed by atoms with van der Waals surface area (Å²) in [5.41, 5.74) is 0.552. The van der Waals surface area contributed by atoms with Gasteiger partial charge in [-0.15, -0.1) is 0 Å². The molecule has 0 aliphatic heterocycles. The summed E-state index contributed by atoms with van der Waals surface area (Å²) in [6.07, 6.45) is 0. The molecule has 0 N–H and O–H groups in total. The fourth-order valence-electron chi connectivity index (χ4n) is 1.15. The van der Waals surface area contributed by atoms with Gasteiger partial charge in [0.05, 0.1) is 13.2 Å². The first-order valence-corrected chi connectivity index (χ1v) is 4.87. The highest BCUT2D eigenvalue weighted by Crippen LogP contribution is 2.09. The maximum absolute atomic E-state index is 10.2. The molecule has 0 unspecified atom stereocenters. The van der Waals surface area contributed by atoms with Crippen LogP contribution in [0.2, 0.25) is 0 Å². The van der Waals surface area contributed by atoms with Gasteiger partial charge in [-0.2, -0.15) is 0 Å². The maximum Gasteiger partial charge on any atom is 0.293 e. The fraction of sp³-hybridized carbons (Fsp3) is 0.417. The van der Waals surface area contributed by atoms with E-state index < -0.39 is 5.60 Å². The second-order valence-corrected chi connectivity index (χ2v) is 3.95. The van der Waals surface area contributed by atoms with Crippen molar-refractivity contribution in [3.05, 3.63) is 35.9 Å². The van der Waals surface area contributed by atoms with Crippen LogP contribution in [0, 0.1) is 0 Å². The van der Waals surface area contributed by atoms with Crippen LogP contribution in [0.1, 0.15) is 19.4 Å². The highest BCUT2D eigenvalue weighted by molar-refractivity contribution is 5.38. The summed E-state index contributed by atoms with van der Waals surface area (Å²) in [6, 6.07) is 9.88. The number of carbonyl (C=O) groups is 1. The number of benzene rings is 1. The lowest BCUT2D eigenvalue weighted by Crippen LogP contribution is -2.30. The molecule has 1 aromatic carbocycles. The average Bonchev–Trinajstić information content (AvgIpc) is 2.19. The molecular formula is C12H16O3. The van der Waals surface area contributed by atoms with Gasteiger partial charge in [0.15, 0.2) is 0 Å². The van der Waals surface area contributed by atoms with E-state index in [4.69, 9.17) is 9.47 Å². The molecule has 0 amide bonds. The molecular weight excluding hydrogens is 192 g/mol. The molecule has 0 saturated carbocycles. The second-order valence-electron chi connectivity index (χ2n) is 3.95. The van der Waals surface area contributed by atoms with Gasteiger partial charge in [-0.1, -0.05) is 30.3 Å². The monoisotopic (exact) mass is 208 g/mol. The van der Waals surface area contributed by atoms with E-state index in [1.165, 1.54) is 0 Å². The van der Waals surface area contributed by atoms with Gasteiger partial charge >= 0.3 is 0 Å². The van der Waals surface area contributed by atoms with Crippen molar-refractivity contribution in [3.63, 3.8) is 0 Å². The van der Waals surface area contributed by atoms with Crippen LogP contribution in [0.25, 0.3) is 0 Å². The Morgan fingerprint density at radius 2 is 1.93 bits per heavy atom. The van der Waals surface area contributed by atoms with Gasteiger partial charge < -0.3 is 9.47 Å². The number of hydrogen-bond donors (Lipinski definition) is 0. The molecule has 1 rings (SSSR count). The van der Waals surface area contributed by atoms with E-state index in [1.807, 2.05) is 44.2 Å². The third kappa shape index (κ3) is 4.61. The Kier molecular flexibility index (Phi) is 4.31. The zero-order chi connectivity index (χ0) is 11.1. The number of rotatable bonds is 6. The molecule has 0 heterocycles. The highest BCUT2D eigenvalue weighted by Gasteiger charge is 2.18. The van der Waals surface area contributed by atoms with Crippen LogP contribution >= 0.6 is 0 Å². The minimum atomic E-state index is -0.559. The molecule has 1 aromatic rings. The maximum atomic E-state index is 10.2. The molecule has 0 aliphatic carbocycles. The zero-order valence-electron chi connectivity index (χ0n) is 9.10. The van der Waals surface area contributed by atoms with Crippen molar-refractivity contribution in [1.82, 2.24) is 0 Å². The molecule has 0 fully saturated rings. The first-order valence-electron chi connectivity index (χ1n) is 4.87. The Morgan fingerprint density at radius 3 is 2.53 bits per heavy atom. The second kappa shape index (κ2) is 5.51. The summed E-state index contributed by atoms with van der Waals surface area (Å²) in [5.74, 6) is 0. The van der Waals surface area contributed by atoms with Crippen LogP contribution in [0.5, 0.6) is 0 Å². The van der Waals surface area contributed by atoms with Crippen molar-refractivity contribution in [1.29, 1.82) is 0 Å². The third-order valence-electron chi connectivity index (χ3n) is 1.93. The molecule has 3 nitrogen and oxygen atoms in total. The molecule has 0 saturated heterocycles. The average molecular weight is 208 g/mol. The molecule has 0 spiro atoms. The van der Waals surface area contributed by atoms with Crippen LogP contribution in [0.15, 0.2) is 30.3 Å². The Bertz CT molecular complexity index is 293. The largest absolute Gasteiger partial charge is 0.459 e. The molecule has 0 aliphatic rings. The Labute approximate surface area is 90.0 Å². The normalized spacial score (nSPS) is 11.1. The minimum absolute atomic E-state index is 0.390. The quantitative estimate of drug-likeness (QED) is 0.672. The first kappa shape index (κ1) is 11.7. The molecule has 3 heteroatoms. The van der Waals surface area contributed by atoms with Crippen LogP contribution in [0.3, 0.4) is 0 Å². The summed E-state index contributed by atoms with van der Waals surface area (Å²) in [5, 5.41) is 0. The van der Waals surface area contributed by atoms with E-state index >= 15 is 0 Å². The van der Waals surface area contributed by atoms with Gasteiger partial charge in [-0.3, -0.25) is 4.79 Å². The van der Waals surface area contributed by atoms with E-state index in [1.54, 1.807) is 0 Å². The van der Waals surface area contributed by atoms with Gasteiger partial charge in [0.1, 0.15) is 5.60 Å². The lowest BCUT2D eigenvalue weighted by atomic mass is 10.1. The molecule has 82 valence electrons. The lowest BCUT2D eigenvalue weighted by Gasteiger charge is -2.22. The standard InChI is InChI=1S/C12H16O3/c1-12(2,15-10-13)9-14-8-11-6-4-3-5-7-11/h3-7,10H,8-9H2,1-2H3. The molecule has 0 aromatic heterocycles. The highest BCUT2D eigenvalue weighted by atomic mass is 16.6. The molecule has 0 radical (unpaired) electrons. The Hall–Kier alpha value is -1.35. The van der Waals surface area contributed by atoms with Gasteiger partial charge in [0.25, 0.3) is 6.47 Å². The van der Waals surface area contributed by atoms with Crippen LogP contribution in [0.4, 0.5) is 0 Å². The third-order valence-corrected chi connectivity index (χ3v) is 1.93. The predicted octanol–water partition coefficient (Wildman–Crippen LogP) is 2.15. The fourth-order valence-corrected chi connectivity index (χ4v) is 1.15. The molecule has 0 bridgehead atoms. The topological polar surface area (TPSA) is 35.5 Å². The van der Waals surface area contributed by atoms with E-state index in [-0.39, 0.29) is 0 Å². The van der Waals surface area contributed by atoms with Crippen LogP contribution in [-0.4, -0.2) is 18.7 Å². The van der Waals surface area contributed by atoms with Crippen LogP contribution < -0.4 is 0 Å². The Morgan fingerprint density at radius 1 is 1.27 bits per heavy atom. The van der Waals surface area contributed by atoms with Crippen molar-refractivity contribution < 1.29 is 14.3 Å². The number of carbonyl (C=O) groups excluding carboxylic acids is 1. The van der Waals surface area contributed by atoms with E-state index in [0.717, 1.165) is 5.56 Å². The van der Waals surface area contributed by atoms with Crippen LogP contribution in [-0.2, 0) is 20.9 Å². The summed E-state index contributed by atoms with van der Waals surface area (Å²) in [7, 11) is 0. The van der Waals surface area contributed by atoms with Crippen molar-refractivity contribution >= 4 is 6.47 Å². The van der Waals surface area contributed by atoms with Gasteiger partial charge in [0.2, 0.25) is 0 Å². The van der Waals surface area contributed by atoms with E-state index in [0.29, 0.717) is 19.7 Å². The van der Waals surface area contributed by atoms with E-state index in [9.17, 15) is 4.79 Å². The summed E-state index contributed by atoms with van der Waals surface area (Å²) < 4.78 is 10.3. The van der Waals surface area contributed by atoms with Crippen molar-refractivity contribution in [2.75, 3.05) is 6.61 Å². The summed E-state index contributed by atoms with van der Waals surface area (Å²) in [6.45, 7) is 5.00. The van der Waals surface area contributed by atoms with Crippen molar-refractivity contribution in [2.45, 2.75) is 26.1 Å². The van der Waals surface area contributed by atoms with Gasteiger partial charge in [-0.25, -0.2) is 0 Å². The summed E-state index contributed by atoms with van der Waals surface area (Å²) >= 11 is 0. The van der Waals surface area contributed by atoms with Crippen molar-refractivity contribution in [3.8, 4) is 0 Å². The predicted molar refractivity (Wildman–Crippen MR) is 57.3 cm³/mol. The first-order chi connectivity index (χ1) is 7.14. The smallest absolute Gasteiger partial charge is 0.293 e. The number of hydrogen-bond acceptors (Lipinski definition) is 3. The SMILES string of the molecule is CC(C)(COCc1ccccc1)OC=O. The Balaban J connectivity index is 2.30. The van der Waals surface area contributed by atoms with Crippen molar-refractivity contribution in [2.24, 2.45) is 0 Å². The minimum Gasteiger partial charge on any atom is -0.459 e. The molecule has 15 heavy (non-hydrogen) atoms. The van der Waals surface area contributed by atoms with Gasteiger partial charge in [0, 0.05) is 0 Å². The number of ether oxygens (including phenoxy) is 2.